The Hall–Kier alpha value is -3.91. The molecular formula is C21H14N2O3. The third kappa shape index (κ3) is 3.94. The molecule has 0 aliphatic carbocycles. The van der Waals surface area contributed by atoms with Crippen LogP contribution >= 0.6 is 0 Å². The second kappa shape index (κ2) is 7.77. The van der Waals surface area contributed by atoms with Crippen molar-refractivity contribution in [3.63, 3.8) is 0 Å². The van der Waals surface area contributed by atoms with E-state index < -0.39 is 10.8 Å². The van der Waals surface area contributed by atoms with Crippen LogP contribution < -0.4 is 5.32 Å². The molecule has 3 rings (SSSR count). The lowest BCUT2D eigenvalue weighted by molar-refractivity contribution is -0.383. The maximum absolute atomic E-state index is 12.6. The van der Waals surface area contributed by atoms with Crippen LogP contribution in [0.1, 0.15) is 21.5 Å². The van der Waals surface area contributed by atoms with Crippen LogP contribution in [-0.4, -0.2) is 10.8 Å². The average Bonchev–Trinajstić information content (AvgIpc) is 2.67. The molecule has 5 nitrogen and oxygen atoms in total. The number of carbonyl (C=O) groups is 1. The second-order valence-corrected chi connectivity index (χ2v) is 5.39. The van der Waals surface area contributed by atoms with Crippen molar-refractivity contribution in [3.05, 3.63) is 106 Å². The van der Waals surface area contributed by atoms with Crippen molar-refractivity contribution in [1.82, 2.24) is 0 Å². The van der Waals surface area contributed by atoms with Crippen molar-refractivity contribution >= 4 is 17.3 Å². The molecule has 0 radical (unpaired) electrons. The summed E-state index contributed by atoms with van der Waals surface area (Å²) < 4.78 is 0. The molecule has 0 aliphatic heterocycles. The molecule has 0 saturated heterocycles. The molecule has 0 atom stereocenters. The molecule has 126 valence electrons. The summed E-state index contributed by atoms with van der Waals surface area (Å²) in [6.07, 6.45) is 0. The van der Waals surface area contributed by atoms with E-state index in [1.807, 2.05) is 30.3 Å². The molecule has 0 aromatic heterocycles. The quantitative estimate of drug-likeness (QED) is 0.439. The number of rotatable bonds is 3. The van der Waals surface area contributed by atoms with Crippen molar-refractivity contribution in [2.75, 3.05) is 5.32 Å². The maximum atomic E-state index is 12.6. The van der Waals surface area contributed by atoms with E-state index >= 15 is 0 Å². The van der Waals surface area contributed by atoms with Crippen molar-refractivity contribution in [3.8, 4) is 11.8 Å². The number of nitro groups is 1. The minimum absolute atomic E-state index is 0.147. The highest BCUT2D eigenvalue weighted by atomic mass is 16.6. The standard InChI is InChI=1S/C21H14N2O3/c24-21(22-19-12-6-7-13-20(19)23(25)26)18-11-5-4-10-17(18)15-14-16-8-2-1-3-9-16/h1-13H,(H,22,24). The number of amides is 1. The van der Waals surface area contributed by atoms with Crippen LogP contribution in [0.5, 0.6) is 0 Å². The van der Waals surface area contributed by atoms with Crippen LogP contribution in [0.4, 0.5) is 11.4 Å². The summed E-state index contributed by atoms with van der Waals surface area (Å²) in [5.41, 5.74) is 1.73. The van der Waals surface area contributed by atoms with E-state index in [4.69, 9.17) is 0 Å². The summed E-state index contributed by atoms with van der Waals surface area (Å²) in [4.78, 5) is 23.2. The Morgan fingerprint density at radius 2 is 1.50 bits per heavy atom. The van der Waals surface area contributed by atoms with Gasteiger partial charge in [-0.15, -0.1) is 0 Å². The molecular weight excluding hydrogens is 328 g/mol. The summed E-state index contributed by atoms with van der Waals surface area (Å²) in [7, 11) is 0. The first kappa shape index (κ1) is 16.9. The fourth-order valence-corrected chi connectivity index (χ4v) is 2.38. The van der Waals surface area contributed by atoms with E-state index in [0.717, 1.165) is 5.56 Å². The lowest BCUT2D eigenvalue weighted by Crippen LogP contribution is -2.14. The van der Waals surface area contributed by atoms with E-state index in [2.05, 4.69) is 17.2 Å². The SMILES string of the molecule is O=C(Nc1ccccc1[N+](=O)[O-])c1ccccc1C#Cc1ccccc1. The smallest absolute Gasteiger partial charge is 0.292 e. The fraction of sp³-hybridized carbons (Fsp3) is 0. The van der Waals surface area contributed by atoms with E-state index in [0.29, 0.717) is 11.1 Å². The number of nitrogens with one attached hydrogen (secondary N) is 1. The highest BCUT2D eigenvalue weighted by Crippen LogP contribution is 2.24. The zero-order valence-corrected chi connectivity index (χ0v) is 13.7. The van der Waals surface area contributed by atoms with Gasteiger partial charge in [-0.3, -0.25) is 14.9 Å². The maximum Gasteiger partial charge on any atom is 0.292 e. The molecule has 3 aromatic carbocycles. The third-order valence-corrected chi connectivity index (χ3v) is 3.64. The molecule has 1 N–H and O–H groups in total. The predicted molar refractivity (Wildman–Crippen MR) is 99.9 cm³/mol. The summed E-state index contributed by atoms with van der Waals surface area (Å²) >= 11 is 0. The van der Waals surface area contributed by atoms with Gasteiger partial charge < -0.3 is 5.32 Å². The Morgan fingerprint density at radius 1 is 0.846 bits per heavy atom. The zero-order valence-electron chi connectivity index (χ0n) is 13.7. The molecule has 0 bridgehead atoms. The molecule has 0 fully saturated rings. The number of para-hydroxylation sites is 2. The Morgan fingerprint density at radius 3 is 2.27 bits per heavy atom. The lowest BCUT2D eigenvalue weighted by Gasteiger charge is -2.07. The highest BCUT2D eigenvalue weighted by molar-refractivity contribution is 6.07. The number of nitro benzene ring substituents is 1. The molecule has 26 heavy (non-hydrogen) atoms. The Labute approximate surface area is 150 Å². The van der Waals surface area contributed by atoms with Crippen LogP contribution in [-0.2, 0) is 0 Å². The van der Waals surface area contributed by atoms with Gasteiger partial charge in [-0.25, -0.2) is 0 Å². The minimum Gasteiger partial charge on any atom is -0.316 e. The summed E-state index contributed by atoms with van der Waals surface area (Å²) in [5.74, 6) is 5.55. The van der Waals surface area contributed by atoms with Gasteiger partial charge in [-0.05, 0) is 30.3 Å². The average molecular weight is 342 g/mol. The molecule has 0 heterocycles. The van der Waals surface area contributed by atoms with Crippen molar-refractivity contribution in [2.24, 2.45) is 0 Å². The fourth-order valence-electron chi connectivity index (χ4n) is 2.38. The molecule has 0 spiro atoms. The third-order valence-electron chi connectivity index (χ3n) is 3.64. The molecule has 0 unspecified atom stereocenters. The van der Waals surface area contributed by atoms with Crippen LogP contribution in [0.15, 0.2) is 78.9 Å². The number of carbonyl (C=O) groups excluding carboxylic acids is 1. The number of benzene rings is 3. The minimum atomic E-state index is -0.531. The first-order valence-electron chi connectivity index (χ1n) is 7.86. The number of nitrogens with zero attached hydrogens (tertiary/aromatic N) is 1. The van der Waals surface area contributed by atoms with E-state index in [1.165, 1.54) is 12.1 Å². The van der Waals surface area contributed by atoms with Gasteiger partial charge in [0.1, 0.15) is 5.69 Å². The van der Waals surface area contributed by atoms with Gasteiger partial charge in [0.15, 0.2) is 0 Å². The van der Waals surface area contributed by atoms with Gasteiger partial charge in [-0.2, -0.15) is 0 Å². The van der Waals surface area contributed by atoms with E-state index in [1.54, 1.807) is 36.4 Å². The highest BCUT2D eigenvalue weighted by Gasteiger charge is 2.17. The van der Waals surface area contributed by atoms with Gasteiger partial charge in [0.05, 0.1) is 10.5 Å². The number of hydrogen-bond acceptors (Lipinski definition) is 3. The summed E-state index contributed by atoms with van der Waals surface area (Å²) in [6.45, 7) is 0. The van der Waals surface area contributed by atoms with Gasteiger partial charge in [-0.1, -0.05) is 54.3 Å². The zero-order chi connectivity index (χ0) is 18.4. The summed E-state index contributed by atoms with van der Waals surface area (Å²) in [5, 5.41) is 13.7. The Balaban J connectivity index is 1.90. The second-order valence-electron chi connectivity index (χ2n) is 5.39. The molecule has 1 amide bonds. The Bertz CT molecular complexity index is 1020. The van der Waals surface area contributed by atoms with E-state index in [9.17, 15) is 14.9 Å². The van der Waals surface area contributed by atoms with Crippen LogP contribution in [0.3, 0.4) is 0 Å². The summed E-state index contributed by atoms with van der Waals surface area (Å²) in [6, 6.07) is 22.3. The Kier molecular flexibility index (Phi) is 5.06. The van der Waals surface area contributed by atoms with E-state index in [-0.39, 0.29) is 11.4 Å². The van der Waals surface area contributed by atoms with Crippen LogP contribution in [0, 0.1) is 22.0 Å². The first-order valence-corrected chi connectivity index (χ1v) is 7.86. The van der Waals surface area contributed by atoms with Gasteiger partial charge in [0.2, 0.25) is 0 Å². The topological polar surface area (TPSA) is 72.2 Å². The van der Waals surface area contributed by atoms with Crippen LogP contribution in [0.25, 0.3) is 0 Å². The van der Waals surface area contributed by atoms with Crippen molar-refractivity contribution in [1.29, 1.82) is 0 Å². The predicted octanol–water partition coefficient (Wildman–Crippen LogP) is 4.25. The largest absolute Gasteiger partial charge is 0.316 e. The van der Waals surface area contributed by atoms with Crippen LogP contribution in [0.2, 0.25) is 0 Å². The molecule has 0 aliphatic rings. The normalized spacial score (nSPS) is 9.69. The lowest BCUT2D eigenvalue weighted by atomic mass is 10.1. The van der Waals surface area contributed by atoms with Gasteiger partial charge >= 0.3 is 0 Å². The van der Waals surface area contributed by atoms with Crippen molar-refractivity contribution in [2.45, 2.75) is 0 Å². The molecule has 0 saturated carbocycles. The van der Waals surface area contributed by atoms with Crippen molar-refractivity contribution < 1.29 is 9.72 Å². The number of anilines is 1. The molecule has 5 heteroatoms. The van der Waals surface area contributed by atoms with Gasteiger partial charge in [0, 0.05) is 17.2 Å². The van der Waals surface area contributed by atoms with Gasteiger partial charge in [0.25, 0.3) is 11.6 Å². The number of hydrogen-bond donors (Lipinski definition) is 1. The monoisotopic (exact) mass is 342 g/mol. The first-order chi connectivity index (χ1) is 12.6. The molecule has 3 aromatic rings.